The van der Waals surface area contributed by atoms with Gasteiger partial charge in [0, 0.05) is 6.42 Å². The van der Waals surface area contributed by atoms with E-state index in [-0.39, 0.29) is 12.5 Å². The number of aliphatic hydroxyl groups is 2. The molecule has 0 aromatic rings. The van der Waals surface area contributed by atoms with E-state index < -0.39 is 12.1 Å². The number of hydrogen-bond donors (Lipinski definition) is 3. The number of amides is 1. The molecule has 0 aliphatic rings. The molecule has 0 rings (SSSR count). The molecule has 0 aliphatic heterocycles. The highest BCUT2D eigenvalue weighted by Gasteiger charge is 2.18. The molecule has 62 heavy (non-hydrogen) atoms. The van der Waals surface area contributed by atoms with E-state index in [2.05, 4.69) is 55.6 Å². The van der Waals surface area contributed by atoms with Crippen LogP contribution < -0.4 is 5.32 Å². The number of allylic oxidation sites excluding steroid dienone is 7. The molecular formula is C58H109NO3. The van der Waals surface area contributed by atoms with Crippen LogP contribution in [0.2, 0.25) is 0 Å². The lowest BCUT2D eigenvalue weighted by atomic mass is 10.0. The van der Waals surface area contributed by atoms with Gasteiger partial charge < -0.3 is 15.5 Å². The Hall–Kier alpha value is -1.65. The summed E-state index contributed by atoms with van der Waals surface area (Å²) in [5, 5.41) is 23.1. The number of nitrogens with one attached hydrogen (secondary N) is 1. The molecule has 0 bridgehead atoms. The summed E-state index contributed by atoms with van der Waals surface area (Å²) in [5.74, 6) is -0.0779. The zero-order chi connectivity index (χ0) is 44.9. The Kier molecular flexibility index (Phi) is 52.3. The average molecular weight is 869 g/mol. The van der Waals surface area contributed by atoms with E-state index >= 15 is 0 Å². The van der Waals surface area contributed by atoms with Gasteiger partial charge in [-0.1, -0.05) is 268 Å². The van der Waals surface area contributed by atoms with Gasteiger partial charge in [0.2, 0.25) is 5.91 Å². The first-order valence-corrected chi connectivity index (χ1v) is 27.9. The fourth-order valence-corrected chi connectivity index (χ4v) is 8.50. The molecular weight excluding hydrogens is 759 g/mol. The molecule has 0 saturated carbocycles. The maximum Gasteiger partial charge on any atom is 0.220 e. The van der Waals surface area contributed by atoms with Crippen LogP contribution >= 0.6 is 0 Å². The second-order valence-electron chi connectivity index (χ2n) is 19.0. The van der Waals surface area contributed by atoms with Crippen molar-refractivity contribution in [2.24, 2.45) is 0 Å². The van der Waals surface area contributed by atoms with Gasteiger partial charge in [0.1, 0.15) is 0 Å². The molecule has 0 fully saturated rings. The number of carbonyl (C=O) groups excluding carboxylic acids is 1. The van der Waals surface area contributed by atoms with Gasteiger partial charge in [-0.3, -0.25) is 4.79 Å². The van der Waals surface area contributed by atoms with Crippen molar-refractivity contribution >= 4 is 5.91 Å². The van der Waals surface area contributed by atoms with Gasteiger partial charge in [-0.2, -0.15) is 0 Å². The number of rotatable bonds is 51. The summed E-state index contributed by atoms with van der Waals surface area (Å²) in [6, 6.07) is -0.648. The molecule has 0 heterocycles. The second kappa shape index (κ2) is 53.7. The van der Waals surface area contributed by atoms with Gasteiger partial charge in [0.25, 0.3) is 0 Å². The van der Waals surface area contributed by atoms with Crippen molar-refractivity contribution < 1.29 is 15.0 Å². The Bertz CT molecular complexity index is 985. The van der Waals surface area contributed by atoms with Crippen LogP contribution in [0.4, 0.5) is 0 Å². The lowest BCUT2D eigenvalue weighted by Gasteiger charge is -2.19. The van der Waals surface area contributed by atoms with Crippen molar-refractivity contribution in [3.05, 3.63) is 48.6 Å². The fourth-order valence-electron chi connectivity index (χ4n) is 8.50. The van der Waals surface area contributed by atoms with E-state index in [1.807, 2.05) is 6.08 Å². The highest BCUT2D eigenvalue weighted by Crippen LogP contribution is 2.16. The zero-order valence-electron chi connectivity index (χ0n) is 41.9. The van der Waals surface area contributed by atoms with E-state index in [0.717, 1.165) is 38.5 Å². The highest BCUT2D eigenvalue weighted by atomic mass is 16.3. The van der Waals surface area contributed by atoms with Gasteiger partial charge in [-0.25, -0.2) is 0 Å². The molecule has 1 amide bonds. The first-order chi connectivity index (χ1) is 30.7. The molecule has 0 radical (unpaired) electrons. The predicted octanol–water partition coefficient (Wildman–Crippen LogP) is 18.3. The summed E-state index contributed by atoms with van der Waals surface area (Å²) in [7, 11) is 0. The maximum atomic E-state index is 12.4. The Morgan fingerprint density at radius 2 is 0.629 bits per heavy atom. The lowest BCUT2D eigenvalue weighted by molar-refractivity contribution is -0.123. The largest absolute Gasteiger partial charge is 0.394 e. The molecule has 0 aromatic heterocycles. The normalized spacial score (nSPS) is 13.2. The molecule has 0 aromatic carbocycles. The Morgan fingerprint density at radius 1 is 0.371 bits per heavy atom. The van der Waals surface area contributed by atoms with Gasteiger partial charge in [0.05, 0.1) is 18.8 Å². The Morgan fingerprint density at radius 3 is 0.935 bits per heavy atom. The number of unbranched alkanes of at least 4 members (excludes halogenated alkanes) is 38. The molecule has 4 nitrogen and oxygen atoms in total. The minimum atomic E-state index is -0.872. The monoisotopic (exact) mass is 868 g/mol. The number of hydrogen-bond acceptors (Lipinski definition) is 3. The van der Waals surface area contributed by atoms with Crippen LogP contribution in [0.1, 0.15) is 296 Å². The van der Waals surface area contributed by atoms with Crippen molar-refractivity contribution in [3.8, 4) is 0 Å². The van der Waals surface area contributed by atoms with Crippen LogP contribution in [0.5, 0.6) is 0 Å². The molecule has 4 heteroatoms. The third-order valence-corrected chi connectivity index (χ3v) is 12.8. The summed E-state index contributed by atoms with van der Waals surface area (Å²) in [6.45, 7) is 4.32. The van der Waals surface area contributed by atoms with E-state index in [1.54, 1.807) is 6.08 Å². The molecule has 0 aliphatic carbocycles. The molecule has 2 unspecified atom stereocenters. The fraction of sp³-hybridized carbons (Fsp3) is 0.845. The average Bonchev–Trinajstić information content (AvgIpc) is 3.28. The first-order valence-electron chi connectivity index (χ1n) is 27.9. The Labute approximate surface area is 388 Å². The smallest absolute Gasteiger partial charge is 0.220 e. The van der Waals surface area contributed by atoms with Crippen LogP contribution in [0.3, 0.4) is 0 Å². The molecule has 2 atom stereocenters. The molecule has 364 valence electrons. The van der Waals surface area contributed by atoms with Crippen LogP contribution in [0, 0.1) is 0 Å². The minimum absolute atomic E-state index is 0.0779. The van der Waals surface area contributed by atoms with Crippen molar-refractivity contribution in [2.75, 3.05) is 6.61 Å². The van der Waals surface area contributed by atoms with E-state index in [4.69, 9.17) is 0 Å². The van der Waals surface area contributed by atoms with E-state index in [9.17, 15) is 15.0 Å². The van der Waals surface area contributed by atoms with Gasteiger partial charge >= 0.3 is 0 Å². The summed E-state index contributed by atoms with van der Waals surface area (Å²) < 4.78 is 0. The highest BCUT2D eigenvalue weighted by molar-refractivity contribution is 5.76. The molecule has 0 saturated heterocycles. The third kappa shape index (κ3) is 49.4. The van der Waals surface area contributed by atoms with Gasteiger partial charge in [0.15, 0.2) is 0 Å². The predicted molar refractivity (Wildman–Crippen MR) is 276 cm³/mol. The van der Waals surface area contributed by atoms with E-state index in [1.165, 1.54) is 238 Å². The van der Waals surface area contributed by atoms with Crippen molar-refractivity contribution in [1.82, 2.24) is 5.32 Å². The van der Waals surface area contributed by atoms with E-state index in [0.29, 0.717) is 6.42 Å². The summed E-state index contributed by atoms with van der Waals surface area (Å²) in [4.78, 5) is 12.4. The van der Waals surface area contributed by atoms with Crippen molar-refractivity contribution in [2.45, 2.75) is 309 Å². The molecule has 0 spiro atoms. The minimum Gasteiger partial charge on any atom is -0.394 e. The van der Waals surface area contributed by atoms with Gasteiger partial charge in [-0.05, 0) is 70.6 Å². The van der Waals surface area contributed by atoms with Crippen molar-refractivity contribution in [3.63, 3.8) is 0 Å². The zero-order valence-corrected chi connectivity index (χ0v) is 41.9. The van der Waals surface area contributed by atoms with Crippen LogP contribution in [0.25, 0.3) is 0 Å². The van der Waals surface area contributed by atoms with Crippen LogP contribution in [-0.2, 0) is 4.79 Å². The number of carbonyl (C=O) groups is 1. The SMILES string of the molecule is CCCCCCCCCC/C=C\CCCCCCCCCCCC(=O)NC(CO)C(O)/C=C/CC/C=C/CC/C=C/CCCCCCCCCCCCCCCCCCCCC. The third-order valence-electron chi connectivity index (χ3n) is 12.8. The number of aliphatic hydroxyl groups excluding tert-OH is 2. The standard InChI is InChI=1S/C58H109NO3/c1-3-5-7-9-11-13-15-17-19-21-23-25-26-27-28-29-30-31-32-34-35-37-39-41-43-45-47-49-51-53-57(61)56(55-60)59-58(62)54-52-50-48-46-44-42-40-38-36-33-24-22-20-18-16-14-12-10-8-6-4-2/h22,24,35,37,43,45,51,53,56-57,60-61H,3-21,23,25-34,36,38-42,44,46-50,52,54-55H2,1-2H3,(H,59,62)/b24-22-,37-35+,45-43+,53-51+. The first kappa shape index (κ1) is 60.4. The Balaban J connectivity index is 3.56. The lowest BCUT2D eigenvalue weighted by Crippen LogP contribution is -2.45. The molecule has 3 N–H and O–H groups in total. The summed E-state index contributed by atoms with van der Waals surface area (Å²) in [5.41, 5.74) is 0. The van der Waals surface area contributed by atoms with Crippen LogP contribution in [0.15, 0.2) is 48.6 Å². The van der Waals surface area contributed by atoms with Crippen LogP contribution in [-0.4, -0.2) is 34.9 Å². The summed E-state index contributed by atoms with van der Waals surface area (Å²) >= 11 is 0. The van der Waals surface area contributed by atoms with Gasteiger partial charge in [-0.15, -0.1) is 0 Å². The maximum absolute atomic E-state index is 12.4. The van der Waals surface area contributed by atoms with Crippen molar-refractivity contribution in [1.29, 1.82) is 0 Å². The topological polar surface area (TPSA) is 69.6 Å². The quantitative estimate of drug-likeness (QED) is 0.0421. The summed E-state index contributed by atoms with van der Waals surface area (Å²) in [6.07, 6.45) is 74.2. The second-order valence-corrected chi connectivity index (χ2v) is 19.0.